The molecule has 1 unspecified atom stereocenters. The average molecular weight is 429 g/mol. The maximum Gasteiger partial charge on any atom is 0.220 e. The minimum atomic E-state index is 0.641. The Morgan fingerprint density at radius 1 is 1.06 bits per heavy atom. The van der Waals surface area contributed by atoms with E-state index in [4.69, 9.17) is 10.7 Å². The van der Waals surface area contributed by atoms with Gasteiger partial charge in [0.15, 0.2) is 0 Å². The highest BCUT2D eigenvalue weighted by Gasteiger charge is 2.28. The topological polar surface area (TPSA) is 48.2 Å². The van der Waals surface area contributed by atoms with Gasteiger partial charge in [0.2, 0.25) is 5.78 Å². The van der Waals surface area contributed by atoms with Crippen molar-refractivity contribution in [2.24, 2.45) is 17.6 Å². The Kier molecular flexibility index (Phi) is 5.58. The molecule has 0 aliphatic heterocycles. The number of aromatic nitrogens is 3. The number of aryl methyl sites for hydroxylation is 4. The van der Waals surface area contributed by atoms with Gasteiger partial charge in [-0.25, -0.2) is 4.98 Å². The summed E-state index contributed by atoms with van der Waals surface area (Å²) in [4.78, 5) is 5.25. The molecule has 4 heteroatoms. The van der Waals surface area contributed by atoms with Gasteiger partial charge in [0.25, 0.3) is 0 Å². The van der Waals surface area contributed by atoms with Crippen LogP contribution in [0.4, 0.5) is 0 Å². The maximum absolute atomic E-state index is 6.03. The molecule has 1 aliphatic carbocycles. The van der Waals surface area contributed by atoms with Gasteiger partial charge in [-0.3, -0.25) is 8.97 Å². The molecule has 2 aromatic carbocycles. The van der Waals surface area contributed by atoms with E-state index >= 15 is 0 Å². The van der Waals surface area contributed by atoms with Gasteiger partial charge in [-0.1, -0.05) is 49.6 Å². The quantitative estimate of drug-likeness (QED) is 0.370. The van der Waals surface area contributed by atoms with Crippen molar-refractivity contribution in [1.29, 1.82) is 0 Å². The molecule has 2 aromatic heterocycles. The molecule has 0 spiro atoms. The Balaban J connectivity index is 1.75. The number of hydrogen-bond donors (Lipinski definition) is 1. The van der Waals surface area contributed by atoms with Gasteiger partial charge in [0.05, 0.1) is 22.4 Å². The fourth-order valence-electron chi connectivity index (χ4n) is 5.71. The summed E-state index contributed by atoms with van der Waals surface area (Å²) in [6.45, 7) is 9.62. The molecule has 32 heavy (non-hydrogen) atoms. The smallest absolute Gasteiger partial charge is 0.220 e. The number of nitrogens with zero attached hydrogens (tertiary/aromatic N) is 3. The predicted octanol–water partition coefficient (Wildman–Crippen LogP) is 6.07. The van der Waals surface area contributed by atoms with Crippen molar-refractivity contribution in [3.05, 3.63) is 64.5 Å². The molecule has 1 aliphatic rings. The van der Waals surface area contributed by atoms with Gasteiger partial charge in [-0.15, -0.1) is 0 Å². The fourth-order valence-corrected chi connectivity index (χ4v) is 5.71. The van der Waals surface area contributed by atoms with Crippen LogP contribution in [0.25, 0.3) is 22.5 Å². The molecule has 0 radical (unpaired) electrons. The van der Waals surface area contributed by atoms with Crippen LogP contribution in [0.5, 0.6) is 0 Å². The Morgan fingerprint density at radius 2 is 1.75 bits per heavy atom. The molecule has 4 nitrogen and oxygen atoms in total. The van der Waals surface area contributed by atoms with Crippen molar-refractivity contribution in [2.45, 2.75) is 66.2 Å². The monoisotopic (exact) mass is 428 g/mol. The van der Waals surface area contributed by atoms with E-state index in [0.29, 0.717) is 5.92 Å². The minimum Gasteiger partial charge on any atom is -0.330 e. The van der Waals surface area contributed by atoms with Crippen LogP contribution in [0.15, 0.2) is 36.4 Å². The molecule has 1 atom stereocenters. The van der Waals surface area contributed by atoms with E-state index in [2.05, 4.69) is 73.1 Å². The van der Waals surface area contributed by atoms with Crippen LogP contribution in [0.1, 0.15) is 60.7 Å². The second kappa shape index (κ2) is 8.40. The van der Waals surface area contributed by atoms with E-state index in [0.717, 1.165) is 37.5 Å². The summed E-state index contributed by atoms with van der Waals surface area (Å²) in [6, 6.07) is 13.3. The average Bonchev–Trinajstić information content (AvgIpc) is 3.42. The highest BCUT2D eigenvalue weighted by Crippen LogP contribution is 2.38. The Bertz CT molecular complexity index is 1250. The maximum atomic E-state index is 6.03. The van der Waals surface area contributed by atoms with Crippen molar-refractivity contribution in [3.63, 3.8) is 0 Å². The normalized spacial score (nSPS) is 15.2. The third-order valence-corrected chi connectivity index (χ3v) is 7.22. The molecule has 4 aromatic rings. The number of hydrogen-bond acceptors (Lipinski definition) is 2. The van der Waals surface area contributed by atoms with Crippen molar-refractivity contribution in [2.75, 3.05) is 6.54 Å². The zero-order chi connectivity index (χ0) is 22.4. The molecular weight excluding hydrogens is 392 g/mol. The summed E-state index contributed by atoms with van der Waals surface area (Å²) in [7, 11) is 0. The van der Waals surface area contributed by atoms with Gasteiger partial charge in [0.1, 0.15) is 0 Å². The van der Waals surface area contributed by atoms with E-state index in [1.165, 1.54) is 64.1 Å². The second-order valence-electron chi connectivity index (χ2n) is 9.89. The lowest BCUT2D eigenvalue weighted by Gasteiger charge is -2.16. The van der Waals surface area contributed by atoms with Gasteiger partial charge >= 0.3 is 0 Å². The molecule has 0 saturated heterocycles. The largest absolute Gasteiger partial charge is 0.330 e. The zero-order valence-electron chi connectivity index (χ0n) is 20.0. The van der Waals surface area contributed by atoms with Crippen LogP contribution < -0.4 is 5.73 Å². The zero-order valence-corrected chi connectivity index (χ0v) is 20.0. The highest BCUT2D eigenvalue weighted by atomic mass is 15.2. The number of nitrogens with two attached hydrogens (primary N) is 1. The fraction of sp³-hybridized carbons (Fsp3) is 0.464. The third-order valence-electron chi connectivity index (χ3n) is 7.22. The lowest BCUT2D eigenvalue weighted by molar-refractivity contribution is 0.423. The number of para-hydroxylation sites is 2. The van der Waals surface area contributed by atoms with Gasteiger partial charge in [0, 0.05) is 5.69 Å². The summed E-state index contributed by atoms with van der Waals surface area (Å²) >= 11 is 0. The molecular formula is C28H36N4. The van der Waals surface area contributed by atoms with Crippen LogP contribution in [-0.2, 0) is 12.8 Å². The van der Waals surface area contributed by atoms with Crippen molar-refractivity contribution in [3.8, 4) is 5.69 Å². The summed E-state index contributed by atoms with van der Waals surface area (Å²) in [5.41, 5.74) is 16.3. The summed E-state index contributed by atoms with van der Waals surface area (Å²) < 4.78 is 4.84. The van der Waals surface area contributed by atoms with Crippen molar-refractivity contribution >= 4 is 16.8 Å². The molecule has 2 N–H and O–H groups in total. The van der Waals surface area contributed by atoms with Crippen LogP contribution in [-0.4, -0.2) is 20.5 Å². The molecule has 2 heterocycles. The SMILES string of the molecule is CCc1nc2n(-c3c(C)cc(C)cc3C)c3ccccc3n2c1CC(CCN)CC1CC1. The number of benzene rings is 2. The minimum absolute atomic E-state index is 0.641. The summed E-state index contributed by atoms with van der Waals surface area (Å²) in [5, 5.41) is 0. The molecule has 1 fully saturated rings. The first kappa shape index (κ1) is 21.3. The summed E-state index contributed by atoms with van der Waals surface area (Å²) in [5.74, 6) is 2.60. The Hall–Kier alpha value is -2.59. The first-order valence-corrected chi connectivity index (χ1v) is 12.3. The molecule has 168 valence electrons. The van der Waals surface area contributed by atoms with Gasteiger partial charge in [-0.2, -0.15) is 0 Å². The molecule has 5 rings (SSSR count). The van der Waals surface area contributed by atoms with E-state index in [1.54, 1.807) is 0 Å². The molecule has 1 saturated carbocycles. The van der Waals surface area contributed by atoms with Gasteiger partial charge in [-0.05, 0) is 88.1 Å². The van der Waals surface area contributed by atoms with E-state index in [1.807, 2.05) is 0 Å². The van der Waals surface area contributed by atoms with Crippen LogP contribution in [0.3, 0.4) is 0 Å². The van der Waals surface area contributed by atoms with Crippen molar-refractivity contribution < 1.29 is 0 Å². The lowest BCUT2D eigenvalue weighted by atomic mass is 9.92. The second-order valence-corrected chi connectivity index (χ2v) is 9.89. The standard InChI is InChI=1S/C28H36N4/c1-5-23-26(17-22(12-13-29)16-21-10-11-21)31-24-8-6-7-9-25(24)32(28(31)30-23)27-19(3)14-18(2)15-20(27)4/h6-9,14-15,21-22H,5,10-13,16-17,29H2,1-4H3. The third kappa shape index (κ3) is 3.65. The molecule has 0 bridgehead atoms. The number of imidazole rings is 2. The lowest BCUT2D eigenvalue weighted by Crippen LogP contribution is -2.14. The first-order chi connectivity index (χ1) is 15.5. The van der Waals surface area contributed by atoms with Crippen LogP contribution >= 0.6 is 0 Å². The Labute approximate surface area is 191 Å². The highest BCUT2D eigenvalue weighted by molar-refractivity contribution is 5.85. The van der Waals surface area contributed by atoms with E-state index in [9.17, 15) is 0 Å². The van der Waals surface area contributed by atoms with Crippen LogP contribution in [0.2, 0.25) is 0 Å². The Morgan fingerprint density at radius 3 is 2.38 bits per heavy atom. The van der Waals surface area contributed by atoms with Crippen LogP contribution in [0, 0.1) is 32.6 Å². The molecule has 0 amide bonds. The summed E-state index contributed by atoms with van der Waals surface area (Å²) in [6.07, 6.45) is 7.22. The first-order valence-electron chi connectivity index (χ1n) is 12.3. The van der Waals surface area contributed by atoms with Gasteiger partial charge < -0.3 is 5.73 Å². The van der Waals surface area contributed by atoms with E-state index in [-0.39, 0.29) is 0 Å². The van der Waals surface area contributed by atoms with Crippen molar-refractivity contribution in [1.82, 2.24) is 14.0 Å². The van der Waals surface area contributed by atoms with E-state index < -0.39 is 0 Å². The number of fused-ring (bicyclic) bond motifs is 3. The predicted molar refractivity (Wildman–Crippen MR) is 134 cm³/mol. The number of rotatable bonds is 8.